The van der Waals surface area contributed by atoms with Gasteiger partial charge in [-0.3, -0.25) is 0 Å². The van der Waals surface area contributed by atoms with Gasteiger partial charge in [0, 0.05) is 0 Å². The van der Waals surface area contributed by atoms with Crippen molar-refractivity contribution in [3.8, 4) is 0 Å². The summed E-state index contributed by atoms with van der Waals surface area (Å²) in [4.78, 5) is 0. The van der Waals surface area contributed by atoms with Crippen LogP contribution in [0.3, 0.4) is 0 Å². The fourth-order valence-corrected chi connectivity index (χ4v) is 4.59. The first-order valence-electron chi connectivity index (χ1n) is 6.69. The molecule has 0 aromatic carbocycles. The molecule has 15 heavy (non-hydrogen) atoms. The molecule has 0 amide bonds. The molecule has 1 N–H and O–H groups in total. The van der Waals surface area contributed by atoms with Crippen LogP contribution in [-0.4, -0.2) is 11.2 Å². The van der Waals surface area contributed by atoms with Crippen molar-refractivity contribution in [3.63, 3.8) is 0 Å². The van der Waals surface area contributed by atoms with Gasteiger partial charge in [-0.2, -0.15) is 0 Å². The van der Waals surface area contributed by atoms with Gasteiger partial charge < -0.3 is 5.11 Å². The first kappa shape index (κ1) is 10.1. The van der Waals surface area contributed by atoms with Crippen LogP contribution in [0.25, 0.3) is 0 Å². The maximum Gasteiger partial charge on any atom is 0.0596 e. The Morgan fingerprint density at radius 1 is 0.933 bits per heavy atom. The highest BCUT2D eigenvalue weighted by atomic mass is 16.3. The van der Waals surface area contributed by atoms with Crippen molar-refractivity contribution in [3.05, 3.63) is 0 Å². The highest BCUT2D eigenvalue weighted by molar-refractivity contribution is 5.06. The van der Waals surface area contributed by atoms with Crippen LogP contribution in [0.2, 0.25) is 0 Å². The van der Waals surface area contributed by atoms with Gasteiger partial charge in [-0.05, 0) is 60.7 Å². The van der Waals surface area contributed by atoms with Crippen LogP contribution in [0.15, 0.2) is 0 Å². The molecule has 0 radical (unpaired) electrons. The lowest BCUT2D eigenvalue weighted by atomic mass is 9.70. The molecule has 3 saturated carbocycles. The molecule has 3 aliphatic carbocycles. The average Bonchev–Trinajstić information content (AvgIpc) is 2.76. The van der Waals surface area contributed by atoms with Gasteiger partial charge in [0.2, 0.25) is 0 Å². The summed E-state index contributed by atoms with van der Waals surface area (Å²) in [5.74, 6) is 4.60. The predicted octanol–water partition coefficient (Wildman–Crippen LogP) is 3.08. The van der Waals surface area contributed by atoms with Gasteiger partial charge in [0.05, 0.1) is 6.10 Å². The van der Waals surface area contributed by atoms with Crippen molar-refractivity contribution in [1.29, 1.82) is 0 Å². The van der Waals surface area contributed by atoms with E-state index in [0.29, 0.717) is 0 Å². The van der Waals surface area contributed by atoms with Gasteiger partial charge in [0.25, 0.3) is 0 Å². The molecule has 0 aromatic heterocycles. The van der Waals surface area contributed by atoms with Gasteiger partial charge >= 0.3 is 0 Å². The maximum atomic E-state index is 10.2. The lowest BCUT2D eigenvalue weighted by Crippen LogP contribution is -2.36. The van der Waals surface area contributed by atoms with E-state index in [2.05, 4.69) is 20.8 Å². The summed E-state index contributed by atoms with van der Waals surface area (Å²) >= 11 is 0. The van der Waals surface area contributed by atoms with Crippen LogP contribution in [0.1, 0.15) is 46.5 Å². The summed E-state index contributed by atoms with van der Waals surface area (Å²) < 4.78 is 0. The zero-order valence-electron chi connectivity index (χ0n) is 10.2. The Morgan fingerprint density at radius 2 is 1.47 bits per heavy atom. The largest absolute Gasteiger partial charge is 0.393 e. The Labute approximate surface area is 93.3 Å². The van der Waals surface area contributed by atoms with Crippen LogP contribution in [0, 0.1) is 35.0 Å². The zero-order chi connectivity index (χ0) is 10.8. The van der Waals surface area contributed by atoms with E-state index in [1.807, 2.05) is 0 Å². The second kappa shape index (κ2) is 3.00. The Balaban J connectivity index is 1.83. The number of aliphatic hydroxyl groups excluding tert-OH is 1. The van der Waals surface area contributed by atoms with Crippen LogP contribution >= 0.6 is 0 Å². The third-order valence-corrected chi connectivity index (χ3v) is 5.81. The van der Waals surface area contributed by atoms with Crippen molar-refractivity contribution in [2.75, 3.05) is 0 Å². The first-order valence-corrected chi connectivity index (χ1v) is 6.69. The molecular weight excluding hydrogens is 184 g/mol. The highest BCUT2D eigenvalue weighted by Gasteiger charge is 2.57. The molecule has 7 unspecified atom stereocenters. The summed E-state index contributed by atoms with van der Waals surface area (Å²) in [6.45, 7) is 7.08. The minimum atomic E-state index is -0.0252. The number of fused-ring (bicyclic) bond motifs is 2. The van der Waals surface area contributed by atoms with E-state index in [1.165, 1.54) is 19.3 Å². The van der Waals surface area contributed by atoms with Crippen molar-refractivity contribution >= 4 is 0 Å². The Hall–Kier alpha value is -0.0400. The molecule has 3 rings (SSSR count). The minimum absolute atomic E-state index is 0.0252. The molecule has 0 aliphatic heterocycles. The molecule has 1 heteroatoms. The van der Waals surface area contributed by atoms with Crippen molar-refractivity contribution < 1.29 is 5.11 Å². The van der Waals surface area contributed by atoms with Crippen molar-refractivity contribution in [1.82, 2.24) is 0 Å². The molecule has 3 aliphatic rings. The summed E-state index contributed by atoms with van der Waals surface area (Å²) in [5.41, 5.74) is 0.268. The molecule has 2 bridgehead atoms. The van der Waals surface area contributed by atoms with E-state index in [0.717, 1.165) is 36.0 Å². The number of aliphatic hydroxyl groups is 1. The minimum Gasteiger partial charge on any atom is -0.393 e. The van der Waals surface area contributed by atoms with Crippen LogP contribution < -0.4 is 0 Å². The summed E-state index contributed by atoms with van der Waals surface area (Å²) in [5, 5.41) is 10.2. The molecule has 0 aromatic rings. The summed E-state index contributed by atoms with van der Waals surface area (Å²) in [6.07, 6.45) is 5.09. The lowest BCUT2D eigenvalue weighted by molar-refractivity contribution is -0.00805. The average molecular weight is 208 g/mol. The SMILES string of the molecule is CC1CC1C1CC2(C)CC1C(C)CC2O. The van der Waals surface area contributed by atoms with E-state index in [1.54, 1.807) is 0 Å². The van der Waals surface area contributed by atoms with Gasteiger partial charge in [-0.1, -0.05) is 20.8 Å². The van der Waals surface area contributed by atoms with E-state index in [4.69, 9.17) is 0 Å². The Kier molecular flexibility index (Phi) is 2.03. The smallest absolute Gasteiger partial charge is 0.0596 e. The molecular formula is C14H24O. The quantitative estimate of drug-likeness (QED) is 0.702. The first-order chi connectivity index (χ1) is 7.01. The topological polar surface area (TPSA) is 20.2 Å². The zero-order valence-corrected chi connectivity index (χ0v) is 10.2. The maximum absolute atomic E-state index is 10.2. The molecule has 0 heterocycles. The van der Waals surface area contributed by atoms with Gasteiger partial charge in [-0.25, -0.2) is 0 Å². The molecule has 0 spiro atoms. The molecule has 3 fully saturated rings. The van der Waals surface area contributed by atoms with Gasteiger partial charge in [0.15, 0.2) is 0 Å². The third kappa shape index (κ3) is 1.39. The van der Waals surface area contributed by atoms with E-state index in [-0.39, 0.29) is 11.5 Å². The van der Waals surface area contributed by atoms with Crippen molar-refractivity contribution in [2.45, 2.75) is 52.6 Å². The summed E-state index contributed by atoms with van der Waals surface area (Å²) in [6, 6.07) is 0. The van der Waals surface area contributed by atoms with Gasteiger partial charge in [-0.15, -0.1) is 0 Å². The van der Waals surface area contributed by atoms with E-state index >= 15 is 0 Å². The molecule has 0 saturated heterocycles. The van der Waals surface area contributed by atoms with Gasteiger partial charge in [0.1, 0.15) is 0 Å². The standard InChI is InChI=1S/C14H24O/c1-8-4-10(8)12-7-14(3)6-11(12)9(2)5-13(14)15/h8-13,15H,4-7H2,1-3H3. The van der Waals surface area contributed by atoms with E-state index < -0.39 is 0 Å². The molecule has 86 valence electrons. The molecule has 7 atom stereocenters. The Bertz CT molecular complexity index is 275. The predicted molar refractivity (Wildman–Crippen MR) is 61.4 cm³/mol. The monoisotopic (exact) mass is 208 g/mol. The second-order valence-electron chi connectivity index (χ2n) is 7.00. The fraction of sp³-hybridized carbons (Fsp3) is 1.00. The van der Waals surface area contributed by atoms with E-state index in [9.17, 15) is 5.11 Å². The van der Waals surface area contributed by atoms with Crippen molar-refractivity contribution in [2.24, 2.45) is 35.0 Å². The molecule has 1 nitrogen and oxygen atoms in total. The third-order valence-electron chi connectivity index (χ3n) is 5.81. The van der Waals surface area contributed by atoms with Crippen LogP contribution in [0.4, 0.5) is 0 Å². The number of hydrogen-bond acceptors (Lipinski definition) is 1. The number of rotatable bonds is 1. The second-order valence-corrected chi connectivity index (χ2v) is 7.00. The van der Waals surface area contributed by atoms with Crippen LogP contribution in [-0.2, 0) is 0 Å². The fourth-order valence-electron chi connectivity index (χ4n) is 4.59. The van der Waals surface area contributed by atoms with Crippen LogP contribution in [0.5, 0.6) is 0 Å². The Morgan fingerprint density at radius 3 is 2.07 bits per heavy atom. The normalized spacial score (nSPS) is 63.2. The lowest BCUT2D eigenvalue weighted by Gasteiger charge is -2.38. The summed E-state index contributed by atoms with van der Waals surface area (Å²) in [7, 11) is 0. The highest BCUT2D eigenvalue weighted by Crippen LogP contribution is 2.63. The number of hydrogen-bond donors (Lipinski definition) is 1.